The van der Waals surface area contributed by atoms with Crippen LogP contribution in [-0.4, -0.2) is 45.2 Å². The van der Waals surface area contributed by atoms with Gasteiger partial charge in [0.15, 0.2) is 6.04 Å². The predicted molar refractivity (Wildman–Crippen MR) is 95.2 cm³/mol. The highest BCUT2D eigenvalue weighted by molar-refractivity contribution is 5.95. The number of nitrogens with one attached hydrogen (secondary N) is 2. The van der Waals surface area contributed by atoms with Gasteiger partial charge < -0.3 is 9.80 Å². The number of quaternary nitrogens is 1. The van der Waals surface area contributed by atoms with Crippen molar-refractivity contribution in [3.05, 3.63) is 54.7 Å². The Morgan fingerprint density at radius 2 is 1.79 bits per heavy atom. The van der Waals surface area contributed by atoms with Crippen molar-refractivity contribution in [1.82, 2.24) is 0 Å². The molecule has 3 rings (SSSR count). The first-order valence-electron chi connectivity index (χ1n) is 8.55. The summed E-state index contributed by atoms with van der Waals surface area (Å²) in [6.45, 7) is 5.91. The van der Waals surface area contributed by atoms with Crippen LogP contribution in [0, 0.1) is 0 Å². The Balaban J connectivity index is 1.58. The van der Waals surface area contributed by atoms with Crippen LogP contribution in [0.15, 0.2) is 54.7 Å². The molecule has 1 amide bonds. The number of rotatable bonds is 4. The summed E-state index contributed by atoms with van der Waals surface area (Å²) in [6, 6.07) is 16.0. The number of pyridine rings is 1. The molecule has 0 spiro atoms. The second-order valence-corrected chi connectivity index (χ2v) is 6.35. The molecule has 0 saturated carbocycles. The molecule has 1 aromatic carbocycles. The third-order valence-electron chi connectivity index (χ3n) is 4.90. The van der Waals surface area contributed by atoms with E-state index in [0.717, 1.165) is 37.7 Å². The zero-order valence-corrected chi connectivity index (χ0v) is 14.4. The normalized spacial score (nSPS) is 16.7. The number of aromatic amines is 1. The molecule has 1 fully saturated rings. The molecular weight excluding hydrogens is 300 g/mol. The van der Waals surface area contributed by atoms with Crippen molar-refractivity contribution in [3.63, 3.8) is 0 Å². The highest BCUT2D eigenvalue weighted by Gasteiger charge is 2.33. The fourth-order valence-electron chi connectivity index (χ4n) is 3.29. The van der Waals surface area contributed by atoms with Crippen LogP contribution in [0.1, 0.15) is 6.92 Å². The maximum Gasteiger partial charge on any atom is 0.284 e. The summed E-state index contributed by atoms with van der Waals surface area (Å²) in [5.41, 5.74) is 0.950. The molecule has 2 heterocycles. The number of amides is 1. The molecule has 0 radical (unpaired) electrons. The Morgan fingerprint density at radius 1 is 1.12 bits per heavy atom. The Bertz CT molecular complexity index is 654. The molecule has 1 atom stereocenters. The number of H-pyrrole nitrogens is 1. The van der Waals surface area contributed by atoms with Crippen molar-refractivity contribution in [1.29, 1.82) is 0 Å². The molecule has 1 aliphatic heterocycles. The molecule has 1 saturated heterocycles. The van der Waals surface area contributed by atoms with Crippen LogP contribution in [0.2, 0.25) is 0 Å². The quantitative estimate of drug-likeness (QED) is 0.876. The molecule has 0 aliphatic carbocycles. The van der Waals surface area contributed by atoms with E-state index >= 15 is 0 Å². The fourth-order valence-corrected chi connectivity index (χ4v) is 3.29. The number of benzene rings is 1. The van der Waals surface area contributed by atoms with Crippen molar-refractivity contribution in [3.8, 4) is 0 Å². The highest BCUT2D eigenvalue weighted by atomic mass is 16.2. The SMILES string of the molecule is C[C@@H](C(=O)N(C)c1ccccc1)[NH+]1CCN(c2cccc[nH+]2)CC1. The van der Waals surface area contributed by atoms with Gasteiger partial charge in [-0.3, -0.25) is 9.69 Å². The first kappa shape index (κ1) is 16.5. The standard InChI is InChI=1S/C19H24N4O/c1-16(19(24)21(2)17-8-4-3-5-9-17)22-12-14-23(15-13-22)18-10-6-7-11-20-18/h3-11,16H,12-15H2,1-2H3/p+2/t16-/m0/s1. The van der Waals surface area contributed by atoms with Crippen LogP contribution in [0.5, 0.6) is 0 Å². The van der Waals surface area contributed by atoms with Gasteiger partial charge in [0, 0.05) is 18.8 Å². The molecule has 1 aliphatic rings. The number of hydrogen-bond acceptors (Lipinski definition) is 2. The molecule has 126 valence electrons. The number of hydrogen-bond donors (Lipinski definition) is 1. The third-order valence-corrected chi connectivity index (χ3v) is 4.90. The van der Waals surface area contributed by atoms with Gasteiger partial charge in [-0.15, -0.1) is 0 Å². The Hall–Kier alpha value is -2.40. The molecule has 2 N–H and O–H groups in total. The maximum atomic E-state index is 12.8. The summed E-state index contributed by atoms with van der Waals surface area (Å²) in [5.74, 6) is 1.33. The lowest BCUT2D eigenvalue weighted by Gasteiger charge is -2.33. The van der Waals surface area contributed by atoms with Gasteiger partial charge in [0.25, 0.3) is 11.7 Å². The fraction of sp³-hybridized carbons (Fsp3) is 0.368. The maximum absolute atomic E-state index is 12.8. The lowest BCUT2D eigenvalue weighted by atomic mass is 10.2. The Morgan fingerprint density at radius 3 is 2.42 bits per heavy atom. The van der Waals surface area contributed by atoms with E-state index in [0.29, 0.717) is 0 Å². The van der Waals surface area contributed by atoms with Gasteiger partial charge >= 0.3 is 0 Å². The molecule has 5 heteroatoms. The number of nitrogens with zero attached hydrogens (tertiary/aromatic N) is 2. The summed E-state index contributed by atoms with van der Waals surface area (Å²) >= 11 is 0. The number of anilines is 2. The van der Waals surface area contributed by atoms with E-state index in [4.69, 9.17) is 0 Å². The number of aromatic nitrogens is 1. The van der Waals surface area contributed by atoms with E-state index in [-0.39, 0.29) is 11.9 Å². The van der Waals surface area contributed by atoms with Gasteiger partial charge in [0.05, 0.1) is 6.20 Å². The van der Waals surface area contributed by atoms with Gasteiger partial charge in [-0.1, -0.05) is 24.3 Å². The van der Waals surface area contributed by atoms with E-state index in [2.05, 4.69) is 16.0 Å². The Kier molecular flexibility index (Phi) is 5.11. The van der Waals surface area contributed by atoms with Crippen molar-refractivity contribution in [2.24, 2.45) is 0 Å². The number of piperazine rings is 1. The average molecular weight is 326 g/mol. The number of para-hydroxylation sites is 1. The second kappa shape index (κ2) is 7.45. The number of carbonyl (C=O) groups is 1. The van der Waals surface area contributed by atoms with E-state index in [9.17, 15) is 4.79 Å². The minimum atomic E-state index is -0.0305. The van der Waals surface area contributed by atoms with Gasteiger partial charge in [-0.2, -0.15) is 0 Å². The smallest absolute Gasteiger partial charge is 0.284 e. The largest absolute Gasteiger partial charge is 0.318 e. The van der Waals surface area contributed by atoms with Crippen LogP contribution >= 0.6 is 0 Å². The second-order valence-electron chi connectivity index (χ2n) is 6.35. The van der Waals surface area contributed by atoms with Crippen molar-refractivity contribution < 1.29 is 14.7 Å². The van der Waals surface area contributed by atoms with Gasteiger partial charge in [0.1, 0.15) is 26.2 Å². The summed E-state index contributed by atoms with van der Waals surface area (Å²) < 4.78 is 0. The Labute approximate surface area is 143 Å². The first-order valence-corrected chi connectivity index (χ1v) is 8.55. The minimum Gasteiger partial charge on any atom is -0.318 e. The zero-order valence-electron chi connectivity index (χ0n) is 14.4. The van der Waals surface area contributed by atoms with Gasteiger partial charge in [-0.25, -0.2) is 4.98 Å². The molecule has 2 aromatic rings. The van der Waals surface area contributed by atoms with Gasteiger partial charge in [0.2, 0.25) is 0 Å². The van der Waals surface area contributed by atoms with Crippen LogP contribution < -0.4 is 19.7 Å². The number of carbonyl (C=O) groups excluding carboxylic acids is 1. The molecule has 24 heavy (non-hydrogen) atoms. The van der Waals surface area contributed by atoms with E-state index in [1.807, 2.05) is 62.6 Å². The minimum absolute atomic E-state index is 0.0305. The first-order chi connectivity index (χ1) is 11.7. The lowest BCUT2D eigenvalue weighted by Crippen LogP contribution is -3.19. The average Bonchev–Trinajstić information content (AvgIpc) is 2.68. The van der Waals surface area contributed by atoms with E-state index < -0.39 is 0 Å². The third kappa shape index (κ3) is 3.57. The predicted octanol–water partition coefficient (Wildman–Crippen LogP) is 0.257. The number of likely N-dealkylation sites (N-methyl/N-ethyl adjacent to an activating group) is 1. The van der Waals surface area contributed by atoms with E-state index in [1.165, 1.54) is 4.90 Å². The summed E-state index contributed by atoms with van der Waals surface area (Å²) in [6.07, 6.45) is 1.95. The van der Waals surface area contributed by atoms with Crippen molar-refractivity contribution in [2.45, 2.75) is 13.0 Å². The molecule has 1 aromatic heterocycles. The summed E-state index contributed by atoms with van der Waals surface area (Å²) in [7, 11) is 1.86. The van der Waals surface area contributed by atoms with Crippen molar-refractivity contribution in [2.75, 3.05) is 43.0 Å². The zero-order chi connectivity index (χ0) is 16.9. The van der Waals surface area contributed by atoms with E-state index in [1.54, 1.807) is 4.90 Å². The molecule has 5 nitrogen and oxygen atoms in total. The molecular formula is C19H26N4O+2. The van der Waals surface area contributed by atoms with Gasteiger partial charge in [-0.05, 0) is 25.1 Å². The topological polar surface area (TPSA) is 42.1 Å². The summed E-state index contributed by atoms with van der Waals surface area (Å²) in [4.78, 5) is 21.5. The monoisotopic (exact) mass is 326 g/mol. The van der Waals surface area contributed by atoms with Crippen LogP contribution in [0.3, 0.4) is 0 Å². The van der Waals surface area contributed by atoms with Crippen molar-refractivity contribution >= 4 is 17.4 Å². The molecule has 0 unspecified atom stereocenters. The lowest BCUT2D eigenvalue weighted by molar-refractivity contribution is -0.914. The van der Waals surface area contributed by atoms with Crippen LogP contribution in [0.25, 0.3) is 0 Å². The summed E-state index contributed by atoms with van der Waals surface area (Å²) in [5, 5.41) is 0. The molecule has 0 bridgehead atoms. The highest BCUT2D eigenvalue weighted by Crippen LogP contribution is 2.12. The van der Waals surface area contributed by atoms with Crippen LogP contribution in [-0.2, 0) is 4.79 Å². The van der Waals surface area contributed by atoms with Crippen LogP contribution in [0.4, 0.5) is 11.5 Å².